The molecule has 1 fully saturated rings. The molecule has 1 unspecified atom stereocenters. The maximum Gasteiger partial charge on any atom is 0.145 e. The van der Waals surface area contributed by atoms with Gasteiger partial charge in [0.2, 0.25) is 0 Å². The molecule has 1 N–H and O–H groups in total. The zero-order valence-electron chi connectivity index (χ0n) is 7.93. The van der Waals surface area contributed by atoms with Gasteiger partial charge in [-0.3, -0.25) is 0 Å². The molecule has 76 valence electrons. The molecule has 0 saturated heterocycles. The lowest BCUT2D eigenvalue weighted by Crippen LogP contribution is -2.23. The average Bonchev–Trinajstić information content (AvgIpc) is 2.90. The van der Waals surface area contributed by atoms with E-state index in [1.165, 1.54) is 6.07 Å². The zero-order chi connectivity index (χ0) is 10.3. The van der Waals surface area contributed by atoms with Crippen LogP contribution in [0.2, 0.25) is 5.02 Å². The Bertz CT molecular complexity index is 358. The third kappa shape index (κ3) is 1.33. The number of aliphatic hydroxyl groups excluding tert-OH is 1. The average molecular weight is 215 g/mol. The van der Waals surface area contributed by atoms with Crippen molar-refractivity contribution in [2.24, 2.45) is 0 Å². The first-order valence-electron chi connectivity index (χ1n) is 4.70. The monoisotopic (exact) mass is 214 g/mol. The van der Waals surface area contributed by atoms with Crippen LogP contribution in [0.3, 0.4) is 0 Å². The number of hydrogen-bond acceptors (Lipinski definition) is 1. The predicted molar refractivity (Wildman–Crippen MR) is 54.0 cm³/mol. The Balaban J connectivity index is 2.47. The number of rotatable bonds is 2. The van der Waals surface area contributed by atoms with Crippen molar-refractivity contribution in [1.82, 2.24) is 0 Å². The molecule has 1 aliphatic rings. The fraction of sp³-hybridized carbons (Fsp3) is 0.455. The van der Waals surface area contributed by atoms with Gasteiger partial charge >= 0.3 is 0 Å². The van der Waals surface area contributed by atoms with Gasteiger partial charge in [-0.2, -0.15) is 0 Å². The van der Waals surface area contributed by atoms with Gasteiger partial charge in [0.05, 0.1) is 11.1 Å². The minimum Gasteiger partial charge on any atom is -0.392 e. The first-order valence-corrected chi connectivity index (χ1v) is 5.08. The first-order chi connectivity index (χ1) is 6.58. The predicted octanol–water partition coefficient (Wildman–Crippen LogP) is 2.89. The van der Waals surface area contributed by atoms with E-state index in [9.17, 15) is 9.50 Å². The Morgan fingerprint density at radius 1 is 1.50 bits per heavy atom. The van der Waals surface area contributed by atoms with Crippen LogP contribution in [0.15, 0.2) is 18.2 Å². The van der Waals surface area contributed by atoms with Crippen LogP contribution in [0.1, 0.15) is 25.3 Å². The Morgan fingerprint density at radius 2 is 2.14 bits per heavy atom. The van der Waals surface area contributed by atoms with Crippen LogP contribution in [-0.2, 0) is 5.41 Å². The molecule has 0 bridgehead atoms. The van der Waals surface area contributed by atoms with E-state index in [0.717, 1.165) is 12.8 Å². The molecule has 2 rings (SSSR count). The Labute approximate surface area is 87.5 Å². The molecule has 1 nitrogen and oxygen atoms in total. The molecule has 1 aliphatic carbocycles. The van der Waals surface area contributed by atoms with E-state index in [1.807, 2.05) is 0 Å². The van der Waals surface area contributed by atoms with E-state index >= 15 is 0 Å². The summed E-state index contributed by atoms with van der Waals surface area (Å²) in [5.41, 5.74) is 0.176. The summed E-state index contributed by atoms with van der Waals surface area (Å²) in [5.74, 6) is -0.382. The van der Waals surface area contributed by atoms with Gasteiger partial charge in [-0.15, -0.1) is 0 Å². The Morgan fingerprint density at radius 3 is 2.64 bits per heavy atom. The number of hydrogen-bond donors (Lipinski definition) is 1. The molecule has 0 radical (unpaired) electrons. The van der Waals surface area contributed by atoms with Crippen molar-refractivity contribution >= 4 is 11.6 Å². The second-order valence-electron chi connectivity index (χ2n) is 3.93. The van der Waals surface area contributed by atoms with Crippen LogP contribution in [0.4, 0.5) is 4.39 Å². The van der Waals surface area contributed by atoms with E-state index in [4.69, 9.17) is 11.6 Å². The van der Waals surface area contributed by atoms with Gasteiger partial charge in [-0.25, -0.2) is 4.39 Å². The van der Waals surface area contributed by atoms with Gasteiger partial charge in [0.15, 0.2) is 0 Å². The molecule has 0 heterocycles. The van der Waals surface area contributed by atoms with Crippen LogP contribution in [-0.4, -0.2) is 11.2 Å². The summed E-state index contributed by atoms with van der Waals surface area (Å²) >= 11 is 5.70. The van der Waals surface area contributed by atoms with Crippen molar-refractivity contribution in [1.29, 1.82) is 0 Å². The minimum absolute atomic E-state index is 0.134. The summed E-state index contributed by atoms with van der Waals surface area (Å²) in [4.78, 5) is 0. The second-order valence-corrected chi connectivity index (χ2v) is 4.34. The third-order valence-corrected chi connectivity index (χ3v) is 3.37. The smallest absolute Gasteiger partial charge is 0.145 e. The van der Waals surface area contributed by atoms with Crippen molar-refractivity contribution < 1.29 is 9.50 Å². The van der Waals surface area contributed by atoms with Gasteiger partial charge in [-0.05, 0) is 31.4 Å². The Hall–Kier alpha value is -0.600. The van der Waals surface area contributed by atoms with E-state index in [-0.39, 0.29) is 16.3 Å². The Kier molecular flexibility index (Phi) is 2.28. The topological polar surface area (TPSA) is 20.2 Å². The van der Waals surface area contributed by atoms with Crippen molar-refractivity contribution in [2.75, 3.05) is 0 Å². The van der Waals surface area contributed by atoms with Gasteiger partial charge < -0.3 is 5.11 Å². The van der Waals surface area contributed by atoms with E-state index in [1.54, 1.807) is 19.1 Å². The third-order valence-electron chi connectivity index (χ3n) is 3.08. The molecular weight excluding hydrogens is 203 g/mol. The van der Waals surface area contributed by atoms with Gasteiger partial charge in [0.25, 0.3) is 0 Å². The molecule has 0 aliphatic heterocycles. The second kappa shape index (κ2) is 3.21. The molecule has 0 amide bonds. The molecule has 3 heteroatoms. The van der Waals surface area contributed by atoms with Crippen LogP contribution in [0.5, 0.6) is 0 Å². The first kappa shape index (κ1) is 9.94. The lowest BCUT2D eigenvalue weighted by Gasteiger charge is -2.19. The van der Waals surface area contributed by atoms with E-state index in [2.05, 4.69) is 0 Å². The van der Waals surface area contributed by atoms with Crippen LogP contribution >= 0.6 is 11.6 Å². The van der Waals surface area contributed by atoms with Crippen molar-refractivity contribution in [3.05, 3.63) is 34.6 Å². The maximum atomic E-state index is 13.7. The van der Waals surface area contributed by atoms with Crippen LogP contribution in [0.25, 0.3) is 0 Å². The van der Waals surface area contributed by atoms with Crippen LogP contribution < -0.4 is 0 Å². The number of benzene rings is 1. The summed E-state index contributed by atoms with van der Waals surface area (Å²) in [6.07, 6.45) is 1.15. The molecule has 1 aromatic rings. The molecule has 0 aromatic heterocycles. The molecule has 14 heavy (non-hydrogen) atoms. The molecule has 1 aromatic carbocycles. The largest absolute Gasteiger partial charge is 0.392 e. The van der Waals surface area contributed by atoms with E-state index in [0.29, 0.717) is 5.56 Å². The van der Waals surface area contributed by atoms with Crippen molar-refractivity contribution in [2.45, 2.75) is 31.3 Å². The molecule has 0 spiro atoms. The summed E-state index contributed by atoms with van der Waals surface area (Å²) in [6, 6.07) is 4.96. The summed E-state index contributed by atoms with van der Waals surface area (Å²) < 4.78 is 13.7. The summed E-state index contributed by atoms with van der Waals surface area (Å²) in [7, 11) is 0. The SMILES string of the molecule is CC(O)C1(c2cccc(Cl)c2F)CC1. The quantitative estimate of drug-likeness (QED) is 0.803. The molecule has 1 atom stereocenters. The van der Waals surface area contributed by atoms with Crippen LogP contribution in [0, 0.1) is 5.82 Å². The van der Waals surface area contributed by atoms with E-state index < -0.39 is 6.10 Å². The lowest BCUT2D eigenvalue weighted by atomic mass is 9.90. The number of aliphatic hydroxyl groups is 1. The normalized spacial score (nSPS) is 20.6. The zero-order valence-corrected chi connectivity index (χ0v) is 8.68. The van der Waals surface area contributed by atoms with Gasteiger partial charge in [-0.1, -0.05) is 23.7 Å². The minimum atomic E-state index is -0.518. The number of halogens is 2. The summed E-state index contributed by atoms with van der Waals surface area (Å²) in [5, 5.41) is 9.74. The van der Waals surface area contributed by atoms with Gasteiger partial charge in [0.1, 0.15) is 5.82 Å². The van der Waals surface area contributed by atoms with Gasteiger partial charge in [0, 0.05) is 5.41 Å². The standard InChI is InChI=1S/C11H12ClFO/c1-7(14)11(5-6-11)8-3-2-4-9(12)10(8)13/h2-4,7,14H,5-6H2,1H3. The highest BCUT2D eigenvalue weighted by atomic mass is 35.5. The summed E-state index contributed by atoms with van der Waals surface area (Å²) in [6.45, 7) is 1.70. The molecule has 1 saturated carbocycles. The fourth-order valence-electron chi connectivity index (χ4n) is 1.94. The highest BCUT2D eigenvalue weighted by molar-refractivity contribution is 6.30. The maximum absolute atomic E-state index is 13.7. The van der Waals surface area contributed by atoms with Crippen molar-refractivity contribution in [3.8, 4) is 0 Å². The molecular formula is C11H12ClFO. The highest BCUT2D eigenvalue weighted by Crippen LogP contribution is 2.52. The fourth-order valence-corrected chi connectivity index (χ4v) is 2.11. The van der Waals surface area contributed by atoms with Crippen molar-refractivity contribution in [3.63, 3.8) is 0 Å². The lowest BCUT2D eigenvalue weighted by molar-refractivity contribution is 0.148. The highest BCUT2D eigenvalue weighted by Gasteiger charge is 2.50.